The van der Waals surface area contributed by atoms with E-state index in [1.54, 1.807) is 17.2 Å². The molecule has 2 N–H and O–H groups in total. The van der Waals surface area contributed by atoms with Crippen LogP contribution in [0.1, 0.15) is 40.2 Å². The summed E-state index contributed by atoms with van der Waals surface area (Å²) in [5, 5.41) is 23.6. The zero-order valence-corrected chi connectivity index (χ0v) is 29.2. The first-order valence-corrected chi connectivity index (χ1v) is 16.2. The van der Waals surface area contributed by atoms with Gasteiger partial charge in [-0.15, -0.1) is 0 Å². The number of carbonyl (C=O) groups excluding carboxylic acids is 1. The number of rotatable bonds is 5. The molecule has 0 aliphatic carbocycles. The van der Waals surface area contributed by atoms with Crippen LogP contribution < -0.4 is 15.8 Å². The van der Waals surface area contributed by atoms with E-state index in [0.29, 0.717) is 11.1 Å². The summed E-state index contributed by atoms with van der Waals surface area (Å²) in [5.74, 6) is -2.10. The minimum Gasteiger partial charge on any atom is -0.506 e. The van der Waals surface area contributed by atoms with Gasteiger partial charge >= 0.3 is 0 Å². The number of hydrogen-bond donors (Lipinski definition) is 2. The number of allylic oxidation sites excluding steroid dienone is 2. The van der Waals surface area contributed by atoms with Crippen molar-refractivity contribution in [2.24, 2.45) is 5.92 Å². The maximum Gasteiger partial charge on any atom is 0.276 e. The maximum absolute atomic E-state index is 15.7. The van der Waals surface area contributed by atoms with E-state index in [9.17, 15) is 20.0 Å². The van der Waals surface area contributed by atoms with Gasteiger partial charge in [0.25, 0.3) is 5.56 Å². The molecule has 2 aromatic heterocycles. The largest absolute Gasteiger partial charge is 0.506 e. The second-order valence-corrected chi connectivity index (χ2v) is 13.5. The highest BCUT2D eigenvalue weighted by Gasteiger charge is 2.36. The molecule has 5 rings (SSSR count). The minimum absolute atomic E-state index is 0.0172. The van der Waals surface area contributed by atoms with E-state index in [2.05, 4.69) is 18.0 Å². The van der Waals surface area contributed by atoms with E-state index in [-0.39, 0.29) is 75.7 Å². The predicted molar refractivity (Wildman–Crippen MR) is 186 cm³/mol. The molecule has 1 amide bonds. The number of hydrogen-bond acceptors (Lipinski definition) is 7. The lowest BCUT2D eigenvalue weighted by Crippen LogP contribution is -2.58. The number of dihydropyridines is 1. The van der Waals surface area contributed by atoms with Crippen molar-refractivity contribution in [2.75, 3.05) is 18.0 Å². The van der Waals surface area contributed by atoms with Crippen LogP contribution in [-0.4, -0.2) is 56.7 Å². The topological polar surface area (TPSA) is 114 Å². The van der Waals surface area contributed by atoms with Crippen molar-refractivity contribution in [1.29, 1.82) is 5.26 Å². The number of carbonyl (C=O) groups is 1. The standard InChI is InChI=1S/C33H31Cl4FN6O3/c1-7-21(45)43-16(5)12-42(13-17(43)6)30-18-10-20(34)28(22-26(38)24(36)23(35)25(37)31(22)46)41-32(18)44(33(47)19(30)11-39)29-15(4)8-9-40-27(29)14(2)3/h7-10,14,16-17,27,40,46H,1,12-13H2,2-6H3/t16-,17+,27?. The summed E-state index contributed by atoms with van der Waals surface area (Å²) < 4.78 is 17.1. The van der Waals surface area contributed by atoms with E-state index in [0.717, 1.165) is 5.57 Å². The molecule has 9 nitrogen and oxygen atoms in total. The van der Waals surface area contributed by atoms with Crippen molar-refractivity contribution in [3.63, 3.8) is 0 Å². The fourth-order valence-corrected chi connectivity index (χ4v) is 7.33. The second kappa shape index (κ2) is 13.0. The van der Waals surface area contributed by atoms with Crippen LogP contribution in [0.5, 0.6) is 5.75 Å². The molecule has 246 valence electrons. The summed E-state index contributed by atoms with van der Waals surface area (Å²) in [6.45, 7) is 13.7. The van der Waals surface area contributed by atoms with E-state index < -0.39 is 32.7 Å². The molecule has 2 aliphatic heterocycles. The Morgan fingerprint density at radius 2 is 1.83 bits per heavy atom. The molecule has 1 saturated heterocycles. The molecular formula is C33H31Cl4FN6O3. The summed E-state index contributed by atoms with van der Waals surface area (Å²) in [6.07, 6.45) is 4.83. The molecule has 0 saturated carbocycles. The third-order valence-electron chi connectivity index (χ3n) is 8.55. The van der Waals surface area contributed by atoms with Crippen LogP contribution in [0.4, 0.5) is 10.1 Å². The van der Waals surface area contributed by atoms with Crippen LogP contribution in [0.2, 0.25) is 20.1 Å². The van der Waals surface area contributed by atoms with E-state index in [1.165, 1.54) is 16.7 Å². The first kappa shape index (κ1) is 34.6. The Hall–Kier alpha value is -3.75. The monoisotopic (exact) mass is 718 g/mol. The minimum atomic E-state index is -1.11. The lowest BCUT2D eigenvalue weighted by molar-refractivity contribution is -0.130. The number of aromatic hydroxyl groups is 1. The van der Waals surface area contributed by atoms with Gasteiger partial charge in [0.1, 0.15) is 28.1 Å². The number of benzene rings is 1. The number of nitrogens with zero attached hydrogens (tertiary/aromatic N) is 5. The van der Waals surface area contributed by atoms with Crippen molar-refractivity contribution in [3.05, 3.63) is 78.4 Å². The number of piperazine rings is 1. The zero-order chi connectivity index (χ0) is 34.6. The van der Waals surface area contributed by atoms with Gasteiger partial charge in [-0.3, -0.25) is 14.2 Å². The number of fused-ring (bicyclic) bond motifs is 1. The molecule has 14 heteroatoms. The van der Waals surface area contributed by atoms with Crippen molar-refractivity contribution in [1.82, 2.24) is 19.8 Å². The summed E-state index contributed by atoms with van der Waals surface area (Å²) in [5.41, 5.74) is 0.00110. The first-order chi connectivity index (χ1) is 22.2. The number of phenols is 1. The zero-order valence-electron chi connectivity index (χ0n) is 26.1. The quantitative estimate of drug-likeness (QED) is 0.161. The SMILES string of the molecule is C=CC(=O)N1[C@H](C)CN(c2c(C#N)c(=O)n(C3=C(C)C=CNC3C(C)C)c3nc(-c4c(O)c(Cl)c(Cl)c(Cl)c4F)c(Cl)cc23)C[C@@H]1C. The number of amides is 1. The maximum atomic E-state index is 15.7. The highest BCUT2D eigenvalue weighted by molar-refractivity contribution is 6.49. The molecule has 4 heterocycles. The highest BCUT2D eigenvalue weighted by atomic mass is 35.5. The van der Waals surface area contributed by atoms with Crippen LogP contribution in [0.25, 0.3) is 28.0 Å². The fourth-order valence-electron chi connectivity index (χ4n) is 6.49. The number of anilines is 1. The number of nitrogens with one attached hydrogen (secondary N) is 1. The molecule has 3 aromatic rings. The van der Waals surface area contributed by atoms with Gasteiger partial charge in [-0.05, 0) is 56.7 Å². The number of pyridine rings is 2. The van der Waals surface area contributed by atoms with Crippen LogP contribution in [0.3, 0.4) is 0 Å². The van der Waals surface area contributed by atoms with Crippen molar-refractivity contribution in [2.45, 2.75) is 52.7 Å². The Morgan fingerprint density at radius 1 is 1.19 bits per heavy atom. The lowest BCUT2D eigenvalue weighted by atomic mass is 9.94. The van der Waals surface area contributed by atoms with Gasteiger partial charge in [0.2, 0.25) is 5.91 Å². The number of phenolic OH excluding ortho intramolecular Hbond substituents is 1. The number of halogens is 5. The summed E-state index contributed by atoms with van der Waals surface area (Å²) in [7, 11) is 0. The average molecular weight is 720 g/mol. The van der Waals surface area contributed by atoms with Crippen molar-refractivity contribution >= 4 is 74.7 Å². The first-order valence-electron chi connectivity index (χ1n) is 14.7. The highest BCUT2D eigenvalue weighted by Crippen LogP contribution is 2.48. The van der Waals surface area contributed by atoms with Gasteiger partial charge in [0, 0.05) is 30.6 Å². The summed E-state index contributed by atoms with van der Waals surface area (Å²) >= 11 is 25.2. The predicted octanol–water partition coefficient (Wildman–Crippen LogP) is 7.38. The van der Waals surface area contributed by atoms with Crippen LogP contribution in [0.15, 0.2) is 41.4 Å². The molecule has 0 spiro atoms. The Balaban J connectivity index is 1.92. The Morgan fingerprint density at radius 3 is 2.40 bits per heavy atom. The molecule has 2 aliphatic rings. The van der Waals surface area contributed by atoms with Crippen molar-refractivity contribution in [3.8, 4) is 23.1 Å². The molecule has 3 atom stereocenters. The average Bonchev–Trinajstić information content (AvgIpc) is 3.02. The van der Waals surface area contributed by atoms with E-state index in [4.69, 9.17) is 51.4 Å². The number of aromatic nitrogens is 2. The van der Waals surface area contributed by atoms with Gasteiger partial charge in [0.05, 0.1) is 43.8 Å². The Kier molecular flexibility index (Phi) is 9.59. The Bertz CT molecular complexity index is 1980. The van der Waals surface area contributed by atoms with Crippen LogP contribution in [0, 0.1) is 23.1 Å². The van der Waals surface area contributed by atoms with E-state index in [1.807, 2.05) is 39.5 Å². The summed E-state index contributed by atoms with van der Waals surface area (Å²) in [4.78, 5) is 35.5. The number of nitriles is 1. The van der Waals surface area contributed by atoms with Gasteiger partial charge in [0.15, 0.2) is 5.82 Å². The lowest BCUT2D eigenvalue weighted by Gasteiger charge is -2.45. The summed E-state index contributed by atoms with van der Waals surface area (Å²) in [6, 6.07) is 2.58. The van der Waals surface area contributed by atoms with Gasteiger partial charge < -0.3 is 20.2 Å². The molecule has 1 aromatic carbocycles. The van der Waals surface area contributed by atoms with E-state index >= 15 is 4.39 Å². The smallest absolute Gasteiger partial charge is 0.276 e. The van der Waals surface area contributed by atoms with Gasteiger partial charge in [-0.25, -0.2) is 9.37 Å². The second-order valence-electron chi connectivity index (χ2n) is 12.0. The third-order valence-corrected chi connectivity index (χ3v) is 10.1. The molecule has 0 bridgehead atoms. The Labute approximate surface area is 291 Å². The van der Waals surface area contributed by atoms with Crippen molar-refractivity contribution < 1.29 is 14.3 Å². The van der Waals surface area contributed by atoms with Crippen LogP contribution >= 0.6 is 46.4 Å². The molecule has 1 unspecified atom stereocenters. The molecule has 47 heavy (non-hydrogen) atoms. The van der Waals surface area contributed by atoms with Gasteiger partial charge in [-0.1, -0.05) is 66.8 Å². The molecule has 0 radical (unpaired) electrons. The molecular weight excluding hydrogens is 689 g/mol. The normalized spacial score (nSPS) is 19.7. The third kappa shape index (κ3) is 5.63. The molecule has 1 fully saturated rings. The fraction of sp³-hybridized carbons (Fsp3) is 0.333. The van der Waals surface area contributed by atoms with Gasteiger partial charge in [-0.2, -0.15) is 5.26 Å². The van der Waals surface area contributed by atoms with Crippen LogP contribution in [-0.2, 0) is 4.79 Å².